The maximum atomic E-state index is 13.6. The number of fused-ring (bicyclic) bond motifs is 1. The molecule has 1 aromatic heterocycles. The van der Waals surface area contributed by atoms with E-state index in [-0.39, 0.29) is 0 Å². The van der Waals surface area contributed by atoms with Crippen molar-refractivity contribution in [3.63, 3.8) is 0 Å². The van der Waals surface area contributed by atoms with Gasteiger partial charge in [0.25, 0.3) is 0 Å². The fourth-order valence-electron chi connectivity index (χ4n) is 2.05. The monoisotopic (exact) mass is 243 g/mol. The van der Waals surface area contributed by atoms with Crippen LogP contribution in [0.4, 0.5) is 8.78 Å². The van der Waals surface area contributed by atoms with Crippen molar-refractivity contribution in [2.75, 3.05) is 0 Å². The molecule has 0 saturated carbocycles. The van der Waals surface area contributed by atoms with Crippen molar-refractivity contribution in [1.82, 2.24) is 4.98 Å². The highest BCUT2D eigenvalue weighted by Crippen LogP contribution is 2.26. The van der Waals surface area contributed by atoms with Crippen molar-refractivity contribution in [1.29, 1.82) is 0 Å². The van der Waals surface area contributed by atoms with Gasteiger partial charge in [-0.3, -0.25) is 0 Å². The Kier molecular flexibility index (Phi) is 2.40. The molecular weight excluding hydrogens is 232 g/mol. The molecule has 1 N–H and O–H groups in total. The van der Waals surface area contributed by atoms with Crippen LogP contribution < -0.4 is 0 Å². The number of aromatic amines is 1. The highest BCUT2D eigenvalue weighted by atomic mass is 19.1. The van der Waals surface area contributed by atoms with Crippen LogP contribution in [0.15, 0.2) is 42.5 Å². The van der Waals surface area contributed by atoms with Gasteiger partial charge in [0, 0.05) is 17.1 Å². The molecule has 3 rings (SSSR count). The van der Waals surface area contributed by atoms with Gasteiger partial charge in [-0.25, -0.2) is 8.78 Å². The third-order valence-electron chi connectivity index (χ3n) is 3.01. The van der Waals surface area contributed by atoms with Crippen molar-refractivity contribution in [3.8, 4) is 11.3 Å². The molecule has 0 aliphatic carbocycles. The second-order valence-corrected chi connectivity index (χ2v) is 4.40. The van der Waals surface area contributed by atoms with Crippen molar-refractivity contribution >= 4 is 10.9 Å². The van der Waals surface area contributed by atoms with Crippen molar-refractivity contribution < 1.29 is 8.78 Å². The van der Waals surface area contributed by atoms with Crippen LogP contribution in [0.1, 0.15) is 5.56 Å². The van der Waals surface area contributed by atoms with E-state index in [4.69, 9.17) is 0 Å². The van der Waals surface area contributed by atoms with E-state index in [9.17, 15) is 8.78 Å². The van der Waals surface area contributed by atoms with Gasteiger partial charge < -0.3 is 4.98 Å². The molecule has 0 spiro atoms. The Morgan fingerprint density at radius 2 is 1.67 bits per heavy atom. The van der Waals surface area contributed by atoms with Crippen LogP contribution in [-0.4, -0.2) is 4.98 Å². The lowest BCUT2D eigenvalue weighted by molar-refractivity contribution is 0.591. The summed E-state index contributed by atoms with van der Waals surface area (Å²) in [6.07, 6.45) is 0. The molecule has 3 aromatic rings. The minimum absolute atomic E-state index is 0.340. The molecule has 0 amide bonds. The van der Waals surface area contributed by atoms with Crippen LogP contribution in [-0.2, 0) is 0 Å². The van der Waals surface area contributed by atoms with Crippen LogP contribution in [0, 0.1) is 18.6 Å². The zero-order valence-electron chi connectivity index (χ0n) is 9.80. The molecule has 1 nitrogen and oxygen atoms in total. The predicted molar refractivity (Wildman–Crippen MR) is 68.4 cm³/mol. The van der Waals surface area contributed by atoms with Crippen LogP contribution in [0.3, 0.4) is 0 Å². The summed E-state index contributed by atoms with van der Waals surface area (Å²) in [6, 6.07) is 11.8. The van der Waals surface area contributed by atoms with Crippen molar-refractivity contribution in [3.05, 3.63) is 59.7 Å². The normalized spacial score (nSPS) is 11.1. The first-order valence-electron chi connectivity index (χ1n) is 5.68. The molecule has 0 aliphatic heterocycles. The Morgan fingerprint density at radius 3 is 2.39 bits per heavy atom. The van der Waals surface area contributed by atoms with Gasteiger partial charge in [-0.05, 0) is 24.6 Å². The first-order valence-corrected chi connectivity index (χ1v) is 5.68. The lowest BCUT2D eigenvalue weighted by Gasteiger charge is -1.98. The Morgan fingerprint density at radius 1 is 0.944 bits per heavy atom. The Hall–Kier alpha value is -2.16. The summed E-state index contributed by atoms with van der Waals surface area (Å²) in [5, 5.41) is 0.545. The van der Waals surface area contributed by atoms with E-state index in [0.29, 0.717) is 10.9 Å². The Labute approximate surface area is 103 Å². The van der Waals surface area contributed by atoms with E-state index in [2.05, 4.69) is 4.98 Å². The second-order valence-electron chi connectivity index (χ2n) is 4.40. The van der Waals surface area contributed by atoms with E-state index >= 15 is 0 Å². The van der Waals surface area contributed by atoms with Gasteiger partial charge in [0.2, 0.25) is 0 Å². The molecular formula is C15H11F2N. The molecule has 0 aliphatic rings. The largest absolute Gasteiger partial charge is 0.352 e. The summed E-state index contributed by atoms with van der Waals surface area (Å²) >= 11 is 0. The molecule has 3 heteroatoms. The van der Waals surface area contributed by atoms with Gasteiger partial charge in [-0.15, -0.1) is 0 Å². The molecule has 0 bridgehead atoms. The van der Waals surface area contributed by atoms with E-state index in [0.717, 1.165) is 22.9 Å². The number of nitrogens with one attached hydrogen (secondary N) is 1. The van der Waals surface area contributed by atoms with Crippen LogP contribution in [0.2, 0.25) is 0 Å². The number of benzene rings is 2. The maximum Gasteiger partial charge on any atom is 0.150 e. The summed E-state index contributed by atoms with van der Waals surface area (Å²) < 4.78 is 26.7. The standard InChI is InChI=1S/C15H11F2N/c1-9-2-4-10(5-3-9)14-7-11-6-12(16)8-13(17)15(11)18-14/h2-8,18H,1H3. The van der Waals surface area contributed by atoms with E-state index in [1.807, 2.05) is 31.2 Å². The molecule has 0 fully saturated rings. The van der Waals surface area contributed by atoms with E-state index in [1.54, 1.807) is 6.07 Å². The fraction of sp³-hybridized carbons (Fsp3) is 0.0667. The SMILES string of the molecule is Cc1ccc(-c2cc3cc(F)cc(F)c3[nH]2)cc1. The van der Waals surface area contributed by atoms with Crippen LogP contribution in [0.25, 0.3) is 22.2 Å². The minimum Gasteiger partial charge on any atom is -0.352 e. The Balaban J connectivity index is 2.19. The summed E-state index contributed by atoms with van der Waals surface area (Å²) in [6.45, 7) is 2.00. The van der Waals surface area contributed by atoms with Crippen molar-refractivity contribution in [2.24, 2.45) is 0 Å². The number of aryl methyl sites for hydroxylation is 1. The van der Waals surface area contributed by atoms with E-state index < -0.39 is 11.6 Å². The number of hydrogen-bond donors (Lipinski definition) is 1. The van der Waals surface area contributed by atoms with Gasteiger partial charge in [0.1, 0.15) is 11.6 Å². The van der Waals surface area contributed by atoms with Gasteiger partial charge >= 0.3 is 0 Å². The Bertz CT molecular complexity index is 711. The maximum absolute atomic E-state index is 13.6. The number of aromatic nitrogens is 1. The third kappa shape index (κ3) is 1.78. The zero-order valence-corrected chi connectivity index (χ0v) is 9.80. The molecule has 1 heterocycles. The summed E-state index contributed by atoms with van der Waals surface area (Å²) in [4.78, 5) is 2.99. The van der Waals surface area contributed by atoms with Crippen LogP contribution >= 0.6 is 0 Å². The average molecular weight is 243 g/mol. The molecule has 18 heavy (non-hydrogen) atoms. The quantitative estimate of drug-likeness (QED) is 0.651. The van der Waals surface area contributed by atoms with Crippen LogP contribution in [0.5, 0.6) is 0 Å². The smallest absolute Gasteiger partial charge is 0.150 e. The lowest BCUT2D eigenvalue weighted by Crippen LogP contribution is -1.81. The number of H-pyrrole nitrogens is 1. The zero-order chi connectivity index (χ0) is 12.7. The molecule has 0 radical (unpaired) electrons. The first kappa shape index (κ1) is 11.0. The highest BCUT2D eigenvalue weighted by Gasteiger charge is 2.08. The summed E-state index contributed by atoms with van der Waals surface area (Å²) in [7, 11) is 0. The predicted octanol–water partition coefficient (Wildman–Crippen LogP) is 4.42. The highest BCUT2D eigenvalue weighted by molar-refractivity contribution is 5.86. The number of hydrogen-bond acceptors (Lipinski definition) is 0. The van der Waals surface area contributed by atoms with Crippen molar-refractivity contribution in [2.45, 2.75) is 6.92 Å². The second kappa shape index (κ2) is 3.95. The average Bonchev–Trinajstić information content (AvgIpc) is 2.74. The molecule has 2 aromatic carbocycles. The molecule has 90 valence electrons. The van der Waals surface area contributed by atoms with Gasteiger partial charge in [-0.1, -0.05) is 29.8 Å². The van der Waals surface area contributed by atoms with Gasteiger partial charge in [0.15, 0.2) is 0 Å². The van der Waals surface area contributed by atoms with Gasteiger partial charge in [-0.2, -0.15) is 0 Å². The number of rotatable bonds is 1. The first-order chi connectivity index (χ1) is 8.63. The molecule has 0 unspecified atom stereocenters. The molecule has 0 saturated heterocycles. The van der Waals surface area contributed by atoms with E-state index in [1.165, 1.54) is 6.07 Å². The summed E-state index contributed by atoms with van der Waals surface area (Å²) in [5.74, 6) is -1.13. The fourth-order valence-corrected chi connectivity index (χ4v) is 2.05. The molecule has 0 atom stereocenters. The van der Waals surface area contributed by atoms with Gasteiger partial charge in [0.05, 0.1) is 5.52 Å². The lowest BCUT2D eigenvalue weighted by atomic mass is 10.1. The number of halogens is 2. The minimum atomic E-state index is -0.566. The summed E-state index contributed by atoms with van der Waals surface area (Å²) in [5.41, 5.74) is 3.24. The third-order valence-corrected chi connectivity index (χ3v) is 3.01. The topological polar surface area (TPSA) is 15.8 Å².